The molecule has 2 aromatic rings. The predicted molar refractivity (Wildman–Crippen MR) is 67.9 cm³/mol. The van der Waals surface area contributed by atoms with E-state index < -0.39 is 0 Å². The first kappa shape index (κ1) is 12.2. The van der Waals surface area contributed by atoms with Crippen LogP contribution in [-0.2, 0) is 13.7 Å². The average molecular weight is 242 g/mol. The number of aliphatic hydroxyl groups is 1. The van der Waals surface area contributed by atoms with Crippen molar-refractivity contribution in [3.05, 3.63) is 47.8 Å². The summed E-state index contributed by atoms with van der Waals surface area (Å²) in [7, 11) is 1.87. The van der Waals surface area contributed by atoms with Crippen LogP contribution in [0.2, 0.25) is 0 Å². The molecule has 0 bridgehead atoms. The summed E-state index contributed by atoms with van der Waals surface area (Å²) >= 11 is 0. The topological polar surface area (TPSA) is 47.3 Å². The third kappa shape index (κ3) is 3.37. The molecule has 0 amide bonds. The molecule has 0 aliphatic carbocycles. The molecule has 0 fully saturated rings. The summed E-state index contributed by atoms with van der Waals surface area (Å²) in [5.74, 6) is 6.18. The van der Waals surface area contributed by atoms with Gasteiger partial charge in [-0.05, 0) is 24.3 Å². The highest BCUT2D eigenvalue weighted by Gasteiger charge is 1.99. The molecule has 0 spiro atoms. The van der Waals surface area contributed by atoms with Crippen LogP contribution >= 0.6 is 0 Å². The van der Waals surface area contributed by atoms with Crippen LogP contribution in [0.3, 0.4) is 0 Å². The maximum absolute atomic E-state index is 8.64. The number of aliphatic hydroxyl groups excluding tert-OH is 1. The molecule has 4 nitrogen and oxygen atoms in total. The zero-order valence-electron chi connectivity index (χ0n) is 10.1. The van der Waals surface area contributed by atoms with Gasteiger partial charge in [0.05, 0.1) is 5.69 Å². The molecule has 2 rings (SSSR count). The van der Waals surface area contributed by atoms with E-state index in [1.54, 1.807) is 4.68 Å². The van der Waals surface area contributed by atoms with Gasteiger partial charge in [0.25, 0.3) is 0 Å². The van der Waals surface area contributed by atoms with Gasteiger partial charge in [0.1, 0.15) is 19.0 Å². The van der Waals surface area contributed by atoms with Crippen LogP contribution in [0.25, 0.3) is 0 Å². The Labute approximate surface area is 106 Å². The second kappa shape index (κ2) is 5.89. The summed E-state index contributed by atoms with van der Waals surface area (Å²) in [6, 6.07) is 9.36. The first-order chi connectivity index (χ1) is 8.78. The van der Waals surface area contributed by atoms with Crippen molar-refractivity contribution in [3.8, 4) is 17.6 Å². The van der Waals surface area contributed by atoms with Gasteiger partial charge in [-0.25, -0.2) is 0 Å². The molecule has 0 radical (unpaired) electrons. The third-order valence-electron chi connectivity index (χ3n) is 2.30. The number of aryl methyl sites for hydroxylation is 1. The van der Waals surface area contributed by atoms with Crippen LogP contribution in [0.15, 0.2) is 36.5 Å². The molecule has 1 aromatic carbocycles. The molecule has 0 aliphatic rings. The third-order valence-corrected chi connectivity index (χ3v) is 2.30. The average Bonchev–Trinajstić information content (AvgIpc) is 2.80. The van der Waals surface area contributed by atoms with E-state index in [4.69, 9.17) is 9.84 Å². The van der Waals surface area contributed by atoms with Crippen molar-refractivity contribution in [2.24, 2.45) is 7.05 Å². The Kier molecular flexibility index (Phi) is 4.00. The summed E-state index contributed by atoms with van der Waals surface area (Å²) < 4.78 is 7.36. The first-order valence-corrected chi connectivity index (χ1v) is 5.59. The molecule has 0 saturated carbocycles. The first-order valence-electron chi connectivity index (χ1n) is 5.59. The molecule has 0 saturated heterocycles. The Morgan fingerprint density at radius 3 is 3.00 bits per heavy atom. The van der Waals surface area contributed by atoms with Crippen LogP contribution in [-0.4, -0.2) is 21.5 Å². The molecule has 1 aromatic heterocycles. The molecule has 92 valence electrons. The highest BCUT2D eigenvalue weighted by atomic mass is 16.5. The molecule has 4 heteroatoms. The number of aromatic nitrogens is 2. The predicted octanol–water partition coefficient (Wildman–Crippen LogP) is 1.34. The Bertz CT molecular complexity index is 579. The van der Waals surface area contributed by atoms with Crippen LogP contribution in [0.1, 0.15) is 11.3 Å². The van der Waals surface area contributed by atoms with Crippen molar-refractivity contribution in [1.82, 2.24) is 9.78 Å². The number of ether oxygens (including phenoxy) is 1. The van der Waals surface area contributed by atoms with E-state index in [1.807, 2.05) is 43.6 Å². The summed E-state index contributed by atoms with van der Waals surface area (Å²) in [5, 5.41) is 12.9. The van der Waals surface area contributed by atoms with Crippen LogP contribution in [0.5, 0.6) is 5.75 Å². The number of hydrogen-bond donors (Lipinski definition) is 1. The van der Waals surface area contributed by atoms with E-state index in [2.05, 4.69) is 16.9 Å². The van der Waals surface area contributed by atoms with Gasteiger partial charge in [0, 0.05) is 18.8 Å². The fraction of sp³-hybridized carbons (Fsp3) is 0.214. The molecule has 1 heterocycles. The van der Waals surface area contributed by atoms with Gasteiger partial charge in [-0.1, -0.05) is 17.9 Å². The molecular formula is C14H14N2O2. The molecule has 0 aliphatic heterocycles. The van der Waals surface area contributed by atoms with E-state index in [1.165, 1.54) is 0 Å². The Hall–Kier alpha value is -2.25. The van der Waals surface area contributed by atoms with Crippen molar-refractivity contribution in [2.75, 3.05) is 6.61 Å². The van der Waals surface area contributed by atoms with Crippen LogP contribution in [0, 0.1) is 11.8 Å². The SMILES string of the molecule is Cn1ccc(COc2cccc(C#CCO)c2)n1. The Morgan fingerprint density at radius 2 is 2.28 bits per heavy atom. The van der Waals surface area contributed by atoms with Gasteiger partial charge in [0.2, 0.25) is 0 Å². The lowest BCUT2D eigenvalue weighted by molar-refractivity contribution is 0.300. The van der Waals surface area contributed by atoms with Crippen molar-refractivity contribution < 1.29 is 9.84 Å². The number of rotatable bonds is 3. The van der Waals surface area contributed by atoms with Gasteiger partial charge >= 0.3 is 0 Å². The Morgan fingerprint density at radius 1 is 1.39 bits per heavy atom. The molecule has 18 heavy (non-hydrogen) atoms. The zero-order valence-corrected chi connectivity index (χ0v) is 10.1. The zero-order chi connectivity index (χ0) is 12.8. The van der Waals surface area contributed by atoms with Crippen molar-refractivity contribution >= 4 is 0 Å². The minimum absolute atomic E-state index is 0.140. The summed E-state index contributed by atoms with van der Waals surface area (Å²) in [4.78, 5) is 0. The number of benzene rings is 1. The van der Waals surface area contributed by atoms with E-state index in [0.717, 1.165) is 17.0 Å². The molecule has 0 atom stereocenters. The lowest BCUT2D eigenvalue weighted by Crippen LogP contribution is -1.98. The maximum atomic E-state index is 8.64. The fourth-order valence-corrected chi connectivity index (χ4v) is 1.50. The summed E-state index contributed by atoms with van der Waals surface area (Å²) in [6.07, 6.45) is 1.88. The highest BCUT2D eigenvalue weighted by Crippen LogP contribution is 2.14. The van der Waals surface area contributed by atoms with Gasteiger partial charge < -0.3 is 9.84 Å². The van der Waals surface area contributed by atoms with Crippen LogP contribution < -0.4 is 4.74 Å². The quantitative estimate of drug-likeness (QED) is 0.826. The van der Waals surface area contributed by atoms with Crippen molar-refractivity contribution in [3.63, 3.8) is 0 Å². The summed E-state index contributed by atoms with van der Waals surface area (Å²) in [5.41, 5.74) is 1.70. The van der Waals surface area contributed by atoms with Gasteiger partial charge in [-0.3, -0.25) is 4.68 Å². The fourth-order valence-electron chi connectivity index (χ4n) is 1.50. The van der Waals surface area contributed by atoms with Crippen molar-refractivity contribution in [2.45, 2.75) is 6.61 Å². The minimum atomic E-state index is -0.140. The smallest absolute Gasteiger partial charge is 0.132 e. The Balaban J connectivity index is 2.01. The molecule has 0 unspecified atom stereocenters. The standard InChI is InChI=1S/C14H14N2O2/c1-16-8-7-13(15-16)11-18-14-6-2-4-12(10-14)5-3-9-17/h2,4,6-8,10,17H,9,11H2,1H3. The van der Waals surface area contributed by atoms with Gasteiger partial charge in [-0.2, -0.15) is 5.10 Å². The second-order valence-corrected chi connectivity index (χ2v) is 3.76. The van der Waals surface area contributed by atoms with Gasteiger partial charge in [-0.15, -0.1) is 0 Å². The van der Waals surface area contributed by atoms with E-state index in [0.29, 0.717) is 6.61 Å². The van der Waals surface area contributed by atoms with E-state index in [9.17, 15) is 0 Å². The number of hydrogen-bond acceptors (Lipinski definition) is 3. The van der Waals surface area contributed by atoms with Crippen molar-refractivity contribution in [1.29, 1.82) is 0 Å². The lowest BCUT2D eigenvalue weighted by atomic mass is 10.2. The second-order valence-electron chi connectivity index (χ2n) is 3.76. The van der Waals surface area contributed by atoms with E-state index in [-0.39, 0.29) is 6.61 Å². The maximum Gasteiger partial charge on any atom is 0.132 e. The minimum Gasteiger partial charge on any atom is -0.487 e. The van der Waals surface area contributed by atoms with Gasteiger partial charge in [0.15, 0.2) is 0 Å². The monoisotopic (exact) mass is 242 g/mol. The molecule has 1 N–H and O–H groups in total. The molecular weight excluding hydrogens is 228 g/mol. The summed E-state index contributed by atoms with van der Waals surface area (Å²) in [6.45, 7) is 0.288. The lowest BCUT2D eigenvalue weighted by Gasteiger charge is -2.04. The van der Waals surface area contributed by atoms with Crippen LogP contribution in [0.4, 0.5) is 0 Å². The highest BCUT2D eigenvalue weighted by molar-refractivity contribution is 5.39. The normalized spacial score (nSPS) is 9.67. The number of nitrogens with zero attached hydrogens (tertiary/aromatic N) is 2. The largest absolute Gasteiger partial charge is 0.487 e. The van der Waals surface area contributed by atoms with E-state index >= 15 is 0 Å².